The maximum absolute atomic E-state index is 12.3. The van der Waals surface area contributed by atoms with Gasteiger partial charge in [-0.1, -0.05) is 43.7 Å². The van der Waals surface area contributed by atoms with Gasteiger partial charge < -0.3 is 15.3 Å². The topological polar surface area (TPSA) is 86.7 Å². The van der Waals surface area contributed by atoms with Crippen LogP contribution >= 0.6 is 0 Å². The smallest absolute Gasteiger partial charge is 0.308 e. The molecule has 2 amide bonds. The number of hydrogen-bond donors (Lipinski definition) is 2. The van der Waals surface area contributed by atoms with Crippen molar-refractivity contribution in [3.8, 4) is 0 Å². The van der Waals surface area contributed by atoms with Gasteiger partial charge in [0.15, 0.2) is 0 Å². The van der Waals surface area contributed by atoms with Crippen molar-refractivity contribution in [1.82, 2.24) is 10.2 Å². The molecule has 0 aromatic heterocycles. The lowest BCUT2D eigenvalue weighted by molar-refractivity contribution is -0.142. The number of hydrogen-bond acceptors (Lipinski definition) is 3. The van der Waals surface area contributed by atoms with Crippen molar-refractivity contribution in [3.05, 3.63) is 35.9 Å². The predicted octanol–water partition coefficient (Wildman–Crippen LogP) is 2.21. The van der Waals surface area contributed by atoms with Gasteiger partial charge in [-0.05, 0) is 18.9 Å². The normalized spacial score (nSPS) is 19.5. The molecule has 2 N–H and O–H groups in total. The number of carbonyl (C=O) groups excluding carboxylic acids is 2. The maximum atomic E-state index is 12.3. The highest BCUT2D eigenvalue weighted by Crippen LogP contribution is 2.28. The third kappa shape index (κ3) is 4.81. The Morgan fingerprint density at radius 3 is 2.60 bits per heavy atom. The highest BCUT2D eigenvalue weighted by Gasteiger charge is 2.37. The average Bonchev–Trinajstić information content (AvgIpc) is 3.00. The summed E-state index contributed by atoms with van der Waals surface area (Å²) in [6.07, 6.45) is 1.45. The average molecular weight is 346 g/mol. The number of aliphatic carboxylic acids is 1. The molecule has 25 heavy (non-hydrogen) atoms. The molecule has 0 bridgehead atoms. The molecule has 2 rings (SSSR count). The summed E-state index contributed by atoms with van der Waals surface area (Å²) >= 11 is 0. The van der Waals surface area contributed by atoms with Crippen molar-refractivity contribution >= 4 is 17.8 Å². The molecule has 0 spiro atoms. The van der Waals surface area contributed by atoms with E-state index < -0.39 is 17.8 Å². The minimum absolute atomic E-state index is 0.0418. The lowest BCUT2D eigenvalue weighted by atomic mass is 10.0. The van der Waals surface area contributed by atoms with Gasteiger partial charge >= 0.3 is 5.97 Å². The highest BCUT2D eigenvalue weighted by molar-refractivity contribution is 5.89. The first-order valence-electron chi connectivity index (χ1n) is 8.79. The fraction of sp³-hybridized carbons (Fsp3) is 0.526. The molecular weight excluding hydrogens is 320 g/mol. The maximum Gasteiger partial charge on any atom is 0.308 e. The predicted molar refractivity (Wildman–Crippen MR) is 93.7 cm³/mol. The molecule has 6 nitrogen and oxygen atoms in total. The second-order valence-electron chi connectivity index (χ2n) is 6.60. The molecule has 1 fully saturated rings. The Morgan fingerprint density at radius 1 is 1.32 bits per heavy atom. The summed E-state index contributed by atoms with van der Waals surface area (Å²) < 4.78 is 0. The van der Waals surface area contributed by atoms with Crippen LogP contribution < -0.4 is 5.32 Å². The van der Waals surface area contributed by atoms with Crippen molar-refractivity contribution in [2.24, 2.45) is 11.8 Å². The second-order valence-corrected chi connectivity index (χ2v) is 6.60. The Labute approximate surface area is 148 Å². The Morgan fingerprint density at radius 2 is 2.00 bits per heavy atom. The van der Waals surface area contributed by atoms with E-state index in [-0.39, 0.29) is 30.8 Å². The van der Waals surface area contributed by atoms with Crippen LogP contribution in [0.4, 0.5) is 0 Å². The number of nitrogens with one attached hydrogen (secondary N) is 1. The van der Waals surface area contributed by atoms with Gasteiger partial charge in [0.2, 0.25) is 11.8 Å². The van der Waals surface area contributed by atoms with Gasteiger partial charge in [-0.15, -0.1) is 0 Å². The summed E-state index contributed by atoms with van der Waals surface area (Å²) in [5.41, 5.74) is 1.03. The van der Waals surface area contributed by atoms with Crippen molar-refractivity contribution in [3.63, 3.8) is 0 Å². The minimum Gasteiger partial charge on any atom is -0.481 e. The number of carboxylic acid groups (broad SMARTS) is 1. The first-order valence-corrected chi connectivity index (χ1v) is 8.79. The molecule has 3 atom stereocenters. The van der Waals surface area contributed by atoms with E-state index in [0.29, 0.717) is 13.0 Å². The standard InChI is InChI=1S/C19H26N2O4/c1-3-7-15(19(24)25)11-20-18(23)16-10-17(22)21(12-16)13(2)14-8-5-4-6-9-14/h4-6,8-9,13,15-16H,3,7,10-12H2,1-2H3,(H,20,23)(H,24,25). The summed E-state index contributed by atoms with van der Waals surface area (Å²) in [5.74, 6) is -2.18. The van der Waals surface area contributed by atoms with E-state index in [1.807, 2.05) is 44.2 Å². The highest BCUT2D eigenvalue weighted by atomic mass is 16.4. The molecule has 0 saturated carbocycles. The Balaban J connectivity index is 1.93. The summed E-state index contributed by atoms with van der Waals surface area (Å²) in [5, 5.41) is 11.9. The van der Waals surface area contributed by atoms with Crippen LogP contribution in [0, 0.1) is 11.8 Å². The Kier molecular flexibility index (Phi) is 6.56. The fourth-order valence-electron chi connectivity index (χ4n) is 3.22. The largest absolute Gasteiger partial charge is 0.481 e. The minimum atomic E-state index is -0.899. The van der Waals surface area contributed by atoms with Gasteiger partial charge in [0.25, 0.3) is 0 Å². The van der Waals surface area contributed by atoms with E-state index in [4.69, 9.17) is 5.11 Å². The Hall–Kier alpha value is -2.37. The van der Waals surface area contributed by atoms with Crippen molar-refractivity contribution < 1.29 is 19.5 Å². The first-order chi connectivity index (χ1) is 11.9. The fourth-order valence-corrected chi connectivity index (χ4v) is 3.22. The van der Waals surface area contributed by atoms with Crippen molar-refractivity contribution in [2.45, 2.75) is 39.2 Å². The molecule has 0 aliphatic carbocycles. The van der Waals surface area contributed by atoms with E-state index >= 15 is 0 Å². The van der Waals surface area contributed by atoms with Gasteiger partial charge in [0.1, 0.15) is 0 Å². The van der Waals surface area contributed by atoms with Gasteiger partial charge in [-0.2, -0.15) is 0 Å². The molecular formula is C19H26N2O4. The van der Waals surface area contributed by atoms with Crippen LogP contribution in [0.25, 0.3) is 0 Å². The van der Waals surface area contributed by atoms with Gasteiger partial charge in [-0.3, -0.25) is 14.4 Å². The monoisotopic (exact) mass is 346 g/mol. The third-order valence-corrected chi connectivity index (χ3v) is 4.79. The molecule has 1 saturated heterocycles. The molecule has 1 aromatic rings. The van der Waals surface area contributed by atoms with Crippen molar-refractivity contribution in [1.29, 1.82) is 0 Å². The van der Waals surface area contributed by atoms with E-state index in [1.54, 1.807) is 4.90 Å². The second kappa shape index (κ2) is 8.65. The van der Waals surface area contributed by atoms with Crippen LogP contribution in [0.5, 0.6) is 0 Å². The Bertz CT molecular complexity index is 617. The van der Waals surface area contributed by atoms with Crippen LogP contribution in [-0.2, 0) is 14.4 Å². The zero-order valence-corrected chi connectivity index (χ0v) is 14.8. The van der Waals surface area contributed by atoms with Crippen LogP contribution in [0.2, 0.25) is 0 Å². The molecule has 0 radical (unpaired) electrons. The lowest BCUT2D eigenvalue weighted by Crippen LogP contribution is -2.38. The van der Waals surface area contributed by atoms with Crippen LogP contribution in [-0.4, -0.2) is 40.9 Å². The van der Waals surface area contributed by atoms with Gasteiger partial charge in [0, 0.05) is 19.5 Å². The molecule has 136 valence electrons. The van der Waals surface area contributed by atoms with Gasteiger partial charge in [-0.25, -0.2) is 0 Å². The number of carboxylic acids is 1. The third-order valence-electron chi connectivity index (χ3n) is 4.79. The van der Waals surface area contributed by atoms with E-state index in [0.717, 1.165) is 12.0 Å². The molecule has 1 heterocycles. The number of carbonyl (C=O) groups is 3. The number of benzene rings is 1. The number of amides is 2. The first kappa shape index (κ1) is 19.0. The summed E-state index contributed by atoms with van der Waals surface area (Å²) in [4.78, 5) is 37.5. The summed E-state index contributed by atoms with van der Waals surface area (Å²) in [6, 6.07) is 9.62. The van der Waals surface area contributed by atoms with Gasteiger partial charge in [0.05, 0.1) is 17.9 Å². The molecule has 1 aromatic carbocycles. The SMILES string of the molecule is CCCC(CNC(=O)C1CC(=O)N(C(C)c2ccccc2)C1)C(=O)O. The van der Waals surface area contributed by atoms with Crippen LogP contribution in [0.1, 0.15) is 44.7 Å². The summed E-state index contributed by atoms with van der Waals surface area (Å²) in [6.45, 7) is 4.35. The van der Waals surface area contributed by atoms with Crippen LogP contribution in [0.15, 0.2) is 30.3 Å². The molecule has 6 heteroatoms. The zero-order chi connectivity index (χ0) is 18.4. The number of likely N-dealkylation sites (tertiary alicyclic amines) is 1. The quantitative estimate of drug-likeness (QED) is 0.755. The number of rotatable bonds is 8. The molecule has 3 unspecified atom stereocenters. The van der Waals surface area contributed by atoms with Crippen molar-refractivity contribution in [2.75, 3.05) is 13.1 Å². The summed E-state index contributed by atoms with van der Waals surface area (Å²) in [7, 11) is 0. The van der Waals surface area contributed by atoms with E-state index in [1.165, 1.54) is 0 Å². The van der Waals surface area contributed by atoms with E-state index in [2.05, 4.69) is 5.32 Å². The zero-order valence-electron chi connectivity index (χ0n) is 14.8. The molecule has 1 aliphatic heterocycles. The molecule has 1 aliphatic rings. The van der Waals surface area contributed by atoms with E-state index in [9.17, 15) is 14.4 Å². The van der Waals surface area contributed by atoms with Crippen LogP contribution in [0.3, 0.4) is 0 Å². The number of nitrogens with zero attached hydrogens (tertiary/aromatic N) is 1. The lowest BCUT2D eigenvalue weighted by Gasteiger charge is -2.25.